The van der Waals surface area contributed by atoms with Gasteiger partial charge in [0.2, 0.25) is 0 Å². The Morgan fingerprint density at radius 1 is 1.16 bits per heavy atom. The van der Waals surface area contributed by atoms with Crippen molar-refractivity contribution in [1.82, 2.24) is 19.8 Å². The Hall–Kier alpha value is -3.47. The van der Waals surface area contributed by atoms with Crippen molar-refractivity contribution in [3.05, 3.63) is 53.2 Å². The van der Waals surface area contributed by atoms with Crippen molar-refractivity contribution in [1.29, 1.82) is 0 Å². The number of thiophene rings is 1. The van der Waals surface area contributed by atoms with Crippen molar-refractivity contribution in [2.45, 2.75) is 63.8 Å². The number of aromatic nitrogens is 2. The molecule has 38 heavy (non-hydrogen) atoms. The fourth-order valence-corrected chi connectivity index (χ4v) is 6.35. The largest absolute Gasteiger partial charge is 0.391 e. The third kappa shape index (κ3) is 4.53. The van der Waals surface area contributed by atoms with Crippen LogP contribution in [0.2, 0.25) is 0 Å². The van der Waals surface area contributed by atoms with Crippen LogP contribution in [0.4, 0.5) is 16.2 Å². The van der Waals surface area contributed by atoms with Crippen molar-refractivity contribution in [2.24, 2.45) is 0 Å². The first-order chi connectivity index (χ1) is 18.1. The second kappa shape index (κ2) is 9.07. The van der Waals surface area contributed by atoms with E-state index in [1.807, 2.05) is 37.3 Å². The van der Waals surface area contributed by atoms with Crippen LogP contribution in [0.1, 0.15) is 48.5 Å². The number of carbonyl (C=O) groups excluding carboxylic acids is 2. The van der Waals surface area contributed by atoms with Crippen LogP contribution in [-0.2, 0) is 0 Å². The van der Waals surface area contributed by atoms with E-state index < -0.39 is 17.7 Å². The lowest BCUT2D eigenvalue weighted by Gasteiger charge is -2.33. The van der Waals surface area contributed by atoms with Gasteiger partial charge in [-0.15, -0.1) is 11.3 Å². The van der Waals surface area contributed by atoms with E-state index in [9.17, 15) is 19.8 Å². The van der Waals surface area contributed by atoms with Crippen LogP contribution in [-0.4, -0.2) is 66.9 Å². The average molecular weight is 534 g/mol. The Labute approximate surface area is 224 Å². The number of pyridine rings is 1. The van der Waals surface area contributed by atoms with Gasteiger partial charge in [-0.05, 0) is 76.4 Å². The summed E-state index contributed by atoms with van der Waals surface area (Å²) in [7, 11) is 0. The SMILES string of the molecule is Cc1cc2cc(Nc3ccnc4cc(C(=O)N5C[C@H](O)C[C@H]5C(C)(C)O)sc34)ccc2n1C(=O)NC1CC1. The van der Waals surface area contributed by atoms with Gasteiger partial charge in [0.1, 0.15) is 0 Å². The monoisotopic (exact) mass is 533 g/mol. The van der Waals surface area contributed by atoms with E-state index in [-0.39, 0.29) is 24.5 Å². The smallest absolute Gasteiger partial charge is 0.326 e. The molecule has 4 heterocycles. The van der Waals surface area contributed by atoms with Crippen molar-refractivity contribution in [3.63, 3.8) is 0 Å². The number of hydrogen-bond donors (Lipinski definition) is 4. The first-order valence-electron chi connectivity index (χ1n) is 12.9. The number of β-amino-alcohol motifs (C(OH)–C–C–N with tert-alkyl or cyclic N) is 1. The Morgan fingerprint density at radius 2 is 1.95 bits per heavy atom. The molecule has 2 fully saturated rings. The van der Waals surface area contributed by atoms with Gasteiger partial charge < -0.3 is 25.7 Å². The molecule has 0 radical (unpaired) electrons. The summed E-state index contributed by atoms with van der Waals surface area (Å²) >= 11 is 1.34. The number of rotatable bonds is 5. The molecule has 1 saturated carbocycles. The number of fused-ring (bicyclic) bond motifs is 2. The zero-order valence-corrected chi connectivity index (χ0v) is 22.4. The molecule has 6 rings (SSSR count). The van der Waals surface area contributed by atoms with Crippen LogP contribution < -0.4 is 10.6 Å². The molecule has 198 valence electrons. The molecular weight excluding hydrogens is 502 g/mol. The molecule has 1 aliphatic heterocycles. The highest BCUT2D eigenvalue weighted by Gasteiger charge is 2.43. The molecule has 2 atom stereocenters. The number of aliphatic hydroxyl groups is 2. The lowest BCUT2D eigenvalue weighted by molar-refractivity contribution is 0.000157. The Bertz CT molecular complexity index is 1560. The number of amides is 2. The molecule has 2 amide bonds. The van der Waals surface area contributed by atoms with Crippen molar-refractivity contribution in [2.75, 3.05) is 11.9 Å². The summed E-state index contributed by atoms with van der Waals surface area (Å²) in [5.41, 5.74) is 2.98. The predicted molar refractivity (Wildman–Crippen MR) is 148 cm³/mol. The second-order valence-electron chi connectivity index (χ2n) is 10.9. The maximum atomic E-state index is 13.4. The van der Waals surface area contributed by atoms with E-state index in [4.69, 9.17) is 0 Å². The summed E-state index contributed by atoms with van der Waals surface area (Å²) in [6.07, 6.45) is 3.46. The topological polar surface area (TPSA) is 120 Å². The Kier molecular flexibility index (Phi) is 5.93. The highest BCUT2D eigenvalue weighted by atomic mass is 32.1. The third-order valence-corrected chi connectivity index (χ3v) is 8.50. The summed E-state index contributed by atoms with van der Waals surface area (Å²) in [6, 6.07) is 11.3. The standard InChI is InChI=1S/C28H31N5O4S/c1-15-10-16-11-18(6-7-22(16)33(15)27(36)31-17-4-5-17)30-20-8-9-29-21-13-23(38-25(20)21)26(35)32-14-19(34)12-24(32)28(2,3)37/h6-11,13,17,19,24,34,37H,4-5,12,14H2,1-3H3,(H,29,30)(H,31,36)/t19-,24+/m1/s1. The molecule has 1 aromatic carbocycles. The number of hydrogen-bond acceptors (Lipinski definition) is 7. The van der Waals surface area contributed by atoms with Crippen molar-refractivity contribution in [3.8, 4) is 0 Å². The molecule has 10 heteroatoms. The lowest BCUT2D eigenvalue weighted by Crippen LogP contribution is -2.48. The molecule has 0 bridgehead atoms. The summed E-state index contributed by atoms with van der Waals surface area (Å²) < 4.78 is 2.56. The molecule has 0 unspecified atom stereocenters. The van der Waals surface area contributed by atoms with Crippen LogP contribution in [0, 0.1) is 6.92 Å². The zero-order valence-electron chi connectivity index (χ0n) is 21.6. The van der Waals surface area contributed by atoms with Crippen molar-refractivity contribution >= 4 is 55.8 Å². The van der Waals surface area contributed by atoms with Crippen LogP contribution in [0.5, 0.6) is 0 Å². The molecule has 1 saturated heterocycles. The predicted octanol–water partition coefficient (Wildman–Crippen LogP) is 4.37. The second-order valence-corrected chi connectivity index (χ2v) is 12.0. The molecular formula is C28H31N5O4S. The minimum atomic E-state index is -1.12. The van der Waals surface area contributed by atoms with E-state index in [1.165, 1.54) is 11.3 Å². The van der Waals surface area contributed by atoms with Crippen LogP contribution in [0.15, 0.2) is 42.6 Å². The number of nitrogens with one attached hydrogen (secondary N) is 2. The van der Waals surface area contributed by atoms with Gasteiger partial charge in [0.05, 0.1) is 44.0 Å². The summed E-state index contributed by atoms with van der Waals surface area (Å²) in [4.78, 5) is 32.7. The summed E-state index contributed by atoms with van der Waals surface area (Å²) in [5.74, 6) is -0.217. The zero-order chi connectivity index (χ0) is 26.8. The number of carbonyl (C=O) groups is 2. The maximum Gasteiger partial charge on any atom is 0.326 e. The van der Waals surface area contributed by atoms with Gasteiger partial charge in [-0.1, -0.05) is 0 Å². The van der Waals surface area contributed by atoms with Gasteiger partial charge >= 0.3 is 6.03 Å². The van der Waals surface area contributed by atoms with E-state index >= 15 is 0 Å². The molecule has 9 nitrogen and oxygen atoms in total. The molecule has 0 spiro atoms. The average Bonchev–Trinajstić information content (AvgIpc) is 3.25. The summed E-state index contributed by atoms with van der Waals surface area (Å²) in [5, 5.41) is 28.2. The summed E-state index contributed by atoms with van der Waals surface area (Å²) in [6.45, 7) is 5.45. The lowest BCUT2D eigenvalue weighted by atomic mass is 9.96. The molecule has 3 aromatic heterocycles. The third-order valence-electron chi connectivity index (χ3n) is 7.35. The van der Waals surface area contributed by atoms with Gasteiger partial charge in [0.25, 0.3) is 5.91 Å². The number of aryl methyl sites for hydroxylation is 1. The van der Waals surface area contributed by atoms with Crippen LogP contribution in [0.3, 0.4) is 0 Å². The van der Waals surface area contributed by atoms with Gasteiger partial charge in [0.15, 0.2) is 0 Å². The van der Waals surface area contributed by atoms with Gasteiger partial charge in [-0.3, -0.25) is 14.3 Å². The van der Waals surface area contributed by atoms with Crippen molar-refractivity contribution < 1.29 is 19.8 Å². The number of anilines is 2. The number of aliphatic hydroxyl groups excluding tert-OH is 1. The Balaban J connectivity index is 1.28. The maximum absolute atomic E-state index is 13.4. The molecule has 1 aliphatic carbocycles. The Morgan fingerprint density at radius 3 is 2.68 bits per heavy atom. The van der Waals surface area contributed by atoms with E-state index in [1.54, 1.807) is 35.6 Å². The molecule has 2 aliphatic rings. The fourth-order valence-electron chi connectivity index (χ4n) is 5.31. The highest BCUT2D eigenvalue weighted by Crippen LogP contribution is 2.36. The molecule has 4 aromatic rings. The van der Waals surface area contributed by atoms with Gasteiger partial charge in [-0.2, -0.15) is 0 Å². The quantitative estimate of drug-likeness (QED) is 0.303. The highest BCUT2D eigenvalue weighted by molar-refractivity contribution is 7.21. The van der Waals surface area contributed by atoms with Gasteiger partial charge in [-0.25, -0.2) is 4.79 Å². The number of benzene rings is 1. The van der Waals surface area contributed by atoms with Crippen LogP contribution in [0.25, 0.3) is 21.1 Å². The minimum Gasteiger partial charge on any atom is -0.391 e. The molecule has 4 N–H and O–H groups in total. The van der Waals surface area contributed by atoms with E-state index in [0.717, 1.165) is 45.5 Å². The van der Waals surface area contributed by atoms with E-state index in [2.05, 4.69) is 15.6 Å². The first-order valence-corrected chi connectivity index (χ1v) is 13.7. The van der Waals surface area contributed by atoms with E-state index in [0.29, 0.717) is 16.8 Å². The van der Waals surface area contributed by atoms with Crippen LogP contribution >= 0.6 is 11.3 Å². The number of nitrogens with zero attached hydrogens (tertiary/aromatic N) is 3. The first kappa shape index (κ1) is 24.8. The fraction of sp³-hybridized carbons (Fsp3) is 0.393. The number of likely N-dealkylation sites (tertiary alicyclic amines) is 1. The normalized spacial score (nSPS) is 19.9. The minimum absolute atomic E-state index is 0.0929. The van der Waals surface area contributed by atoms with Gasteiger partial charge in [0, 0.05) is 35.6 Å².